The van der Waals surface area contributed by atoms with Gasteiger partial charge < -0.3 is 20.1 Å². The molecule has 0 aliphatic rings. The number of aromatic nitrogens is 2. The van der Waals surface area contributed by atoms with E-state index in [2.05, 4.69) is 25.3 Å². The monoisotopic (exact) mass is 477 g/mol. The molecular formula is C21H24ClN5O4S. The predicted octanol–water partition coefficient (Wildman–Crippen LogP) is 3.59. The molecule has 0 aliphatic heterocycles. The molecule has 3 rings (SSSR count). The molecule has 0 amide bonds. The van der Waals surface area contributed by atoms with Crippen LogP contribution in [-0.2, 0) is 10.0 Å². The van der Waals surface area contributed by atoms with Crippen molar-refractivity contribution in [2.45, 2.75) is 11.8 Å². The first-order valence-electron chi connectivity index (χ1n) is 9.64. The summed E-state index contributed by atoms with van der Waals surface area (Å²) in [6.07, 6.45) is 0. The van der Waals surface area contributed by atoms with Gasteiger partial charge in [0.15, 0.2) is 0 Å². The maximum Gasteiger partial charge on any atom is 0.240 e. The maximum atomic E-state index is 12.5. The van der Waals surface area contributed by atoms with Crippen molar-refractivity contribution in [1.82, 2.24) is 14.7 Å². The molecule has 11 heteroatoms. The Bertz CT molecular complexity index is 1170. The Kier molecular flexibility index (Phi) is 7.73. The zero-order valence-electron chi connectivity index (χ0n) is 17.8. The summed E-state index contributed by atoms with van der Waals surface area (Å²) >= 11 is 6.02. The second kappa shape index (κ2) is 10.5. The van der Waals surface area contributed by atoms with E-state index in [9.17, 15) is 8.42 Å². The lowest BCUT2D eigenvalue weighted by Gasteiger charge is -2.11. The molecule has 2 aromatic carbocycles. The Balaban J connectivity index is 1.58. The van der Waals surface area contributed by atoms with E-state index in [1.54, 1.807) is 7.11 Å². The van der Waals surface area contributed by atoms with Gasteiger partial charge in [-0.2, -0.15) is 4.98 Å². The number of methoxy groups -OCH3 is 2. The molecule has 0 radical (unpaired) electrons. The number of rotatable bonds is 10. The molecule has 0 atom stereocenters. The molecule has 1 heterocycles. The van der Waals surface area contributed by atoms with Crippen molar-refractivity contribution in [2.24, 2.45) is 0 Å². The molecule has 0 saturated carbocycles. The third-order valence-corrected chi connectivity index (χ3v) is 6.10. The SMILES string of the molecule is COc1ccc(Nc2cc(C)nc(NCCNS(=O)(=O)c3ccc(OC)c(Cl)c3)n2)cc1. The number of benzene rings is 2. The Morgan fingerprint density at radius 2 is 1.72 bits per heavy atom. The molecule has 170 valence electrons. The molecule has 0 unspecified atom stereocenters. The fourth-order valence-corrected chi connectivity index (χ4v) is 4.17. The predicted molar refractivity (Wildman–Crippen MR) is 125 cm³/mol. The highest BCUT2D eigenvalue weighted by molar-refractivity contribution is 7.89. The van der Waals surface area contributed by atoms with Crippen LogP contribution in [-0.4, -0.2) is 45.7 Å². The Morgan fingerprint density at radius 1 is 0.969 bits per heavy atom. The number of hydrogen-bond acceptors (Lipinski definition) is 8. The Hall–Kier alpha value is -3.08. The fourth-order valence-electron chi connectivity index (χ4n) is 2.79. The lowest BCUT2D eigenvalue weighted by molar-refractivity contribution is 0.414. The van der Waals surface area contributed by atoms with Crippen LogP contribution in [0.2, 0.25) is 5.02 Å². The summed E-state index contributed by atoms with van der Waals surface area (Å²) in [5.74, 6) is 2.16. The standard InChI is InChI=1S/C21H24ClN5O4S/c1-14-12-20(26-15-4-6-16(30-2)7-5-15)27-21(25-14)23-10-11-24-32(28,29)17-8-9-19(31-3)18(22)13-17/h4-9,12-13,24H,10-11H2,1-3H3,(H2,23,25,26,27). The maximum absolute atomic E-state index is 12.5. The molecule has 0 spiro atoms. The molecule has 0 aliphatic carbocycles. The molecule has 32 heavy (non-hydrogen) atoms. The number of anilines is 3. The number of nitrogens with zero attached hydrogens (tertiary/aromatic N) is 2. The van der Waals surface area contributed by atoms with Crippen LogP contribution in [0, 0.1) is 6.92 Å². The van der Waals surface area contributed by atoms with Crippen LogP contribution in [0.25, 0.3) is 0 Å². The summed E-state index contributed by atoms with van der Waals surface area (Å²) in [6.45, 7) is 2.27. The summed E-state index contributed by atoms with van der Waals surface area (Å²) < 4.78 is 37.6. The van der Waals surface area contributed by atoms with Gasteiger partial charge >= 0.3 is 0 Å². The zero-order valence-corrected chi connectivity index (χ0v) is 19.4. The minimum atomic E-state index is -3.72. The van der Waals surface area contributed by atoms with Gasteiger partial charge in [0.25, 0.3) is 0 Å². The smallest absolute Gasteiger partial charge is 0.240 e. The lowest BCUT2D eigenvalue weighted by Crippen LogP contribution is -2.29. The molecule has 3 aromatic rings. The number of halogens is 1. The van der Waals surface area contributed by atoms with Gasteiger partial charge in [0.05, 0.1) is 24.1 Å². The van der Waals surface area contributed by atoms with Gasteiger partial charge in [0.2, 0.25) is 16.0 Å². The molecule has 1 aromatic heterocycles. The number of sulfonamides is 1. The number of ether oxygens (including phenoxy) is 2. The van der Waals surface area contributed by atoms with Crippen molar-refractivity contribution < 1.29 is 17.9 Å². The van der Waals surface area contributed by atoms with Crippen molar-refractivity contribution in [2.75, 3.05) is 37.9 Å². The molecule has 9 nitrogen and oxygen atoms in total. The highest BCUT2D eigenvalue weighted by Gasteiger charge is 2.15. The first-order chi connectivity index (χ1) is 15.3. The Morgan fingerprint density at radius 3 is 2.38 bits per heavy atom. The first kappa shape index (κ1) is 23.6. The fraction of sp³-hybridized carbons (Fsp3) is 0.238. The number of hydrogen-bond donors (Lipinski definition) is 3. The van der Waals surface area contributed by atoms with Crippen LogP contribution in [0.5, 0.6) is 11.5 Å². The van der Waals surface area contributed by atoms with Gasteiger partial charge in [0.1, 0.15) is 17.3 Å². The molecule has 0 bridgehead atoms. The number of aryl methyl sites for hydroxylation is 1. The van der Waals surface area contributed by atoms with E-state index in [1.165, 1.54) is 25.3 Å². The lowest BCUT2D eigenvalue weighted by atomic mass is 10.3. The topological polar surface area (TPSA) is 114 Å². The van der Waals surface area contributed by atoms with Gasteiger partial charge in [-0.3, -0.25) is 0 Å². The second-order valence-corrected chi connectivity index (χ2v) is 8.87. The van der Waals surface area contributed by atoms with Crippen LogP contribution in [0.3, 0.4) is 0 Å². The van der Waals surface area contributed by atoms with Crippen molar-refractivity contribution in [1.29, 1.82) is 0 Å². The third-order valence-electron chi connectivity index (χ3n) is 4.35. The summed E-state index contributed by atoms with van der Waals surface area (Å²) in [6, 6.07) is 13.5. The summed E-state index contributed by atoms with van der Waals surface area (Å²) in [4.78, 5) is 8.81. The van der Waals surface area contributed by atoms with Gasteiger partial charge in [-0.15, -0.1) is 0 Å². The van der Waals surface area contributed by atoms with E-state index in [0.717, 1.165) is 17.1 Å². The summed E-state index contributed by atoms with van der Waals surface area (Å²) in [5.41, 5.74) is 1.60. The van der Waals surface area contributed by atoms with Crippen LogP contribution >= 0.6 is 11.6 Å². The van der Waals surface area contributed by atoms with Gasteiger partial charge in [-0.25, -0.2) is 18.1 Å². The molecule has 0 fully saturated rings. The van der Waals surface area contributed by atoms with Gasteiger partial charge in [-0.1, -0.05) is 11.6 Å². The largest absolute Gasteiger partial charge is 0.497 e. The summed E-state index contributed by atoms with van der Waals surface area (Å²) in [7, 11) is -0.644. The van der Waals surface area contributed by atoms with Crippen LogP contribution in [0.1, 0.15) is 5.69 Å². The van der Waals surface area contributed by atoms with E-state index >= 15 is 0 Å². The van der Waals surface area contributed by atoms with Gasteiger partial charge in [-0.05, 0) is 49.4 Å². The molecular weight excluding hydrogens is 454 g/mol. The number of nitrogens with one attached hydrogen (secondary N) is 3. The van der Waals surface area contributed by atoms with Crippen LogP contribution < -0.4 is 24.8 Å². The van der Waals surface area contributed by atoms with Crippen molar-refractivity contribution in [3.8, 4) is 11.5 Å². The molecule has 3 N–H and O–H groups in total. The first-order valence-corrected chi connectivity index (χ1v) is 11.5. The Labute approximate surface area is 192 Å². The highest BCUT2D eigenvalue weighted by atomic mass is 35.5. The van der Waals surface area contributed by atoms with E-state index in [-0.39, 0.29) is 23.0 Å². The average molecular weight is 478 g/mol. The minimum Gasteiger partial charge on any atom is -0.497 e. The van der Waals surface area contributed by atoms with E-state index in [0.29, 0.717) is 17.5 Å². The second-order valence-electron chi connectivity index (χ2n) is 6.69. The van der Waals surface area contributed by atoms with Crippen LogP contribution in [0.4, 0.5) is 17.5 Å². The van der Waals surface area contributed by atoms with Gasteiger partial charge in [0, 0.05) is 30.5 Å². The highest BCUT2D eigenvalue weighted by Crippen LogP contribution is 2.26. The summed E-state index contributed by atoms with van der Waals surface area (Å²) in [5, 5.41) is 6.46. The third kappa shape index (κ3) is 6.22. The van der Waals surface area contributed by atoms with E-state index in [1.807, 2.05) is 37.3 Å². The normalized spacial score (nSPS) is 11.1. The van der Waals surface area contributed by atoms with Crippen molar-refractivity contribution >= 4 is 39.1 Å². The van der Waals surface area contributed by atoms with Crippen molar-refractivity contribution in [3.05, 3.63) is 59.2 Å². The van der Waals surface area contributed by atoms with E-state index in [4.69, 9.17) is 21.1 Å². The van der Waals surface area contributed by atoms with Crippen molar-refractivity contribution in [3.63, 3.8) is 0 Å². The van der Waals surface area contributed by atoms with E-state index < -0.39 is 10.0 Å². The molecule has 0 saturated heterocycles. The zero-order chi connectivity index (χ0) is 23.1. The van der Waals surface area contributed by atoms with Crippen LogP contribution in [0.15, 0.2) is 53.4 Å². The minimum absolute atomic E-state index is 0.0566. The quantitative estimate of drug-likeness (QED) is 0.379. The average Bonchev–Trinajstić information content (AvgIpc) is 2.77.